The lowest BCUT2D eigenvalue weighted by molar-refractivity contribution is 0.102. The summed E-state index contributed by atoms with van der Waals surface area (Å²) in [5.74, 6) is -0.199. The predicted octanol–water partition coefficient (Wildman–Crippen LogP) is 4.46. The van der Waals surface area contributed by atoms with Crippen molar-refractivity contribution < 1.29 is 4.79 Å². The summed E-state index contributed by atoms with van der Waals surface area (Å²) in [5, 5.41) is 14.1. The fourth-order valence-corrected chi connectivity index (χ4v) is 3.01. The van der Waals surface area contributed by atoms with Crippen LogP contribution in [0.5, 0.6) is 0 Å². The van der Waals surface area contributed by atoms with Gasteiger partial charge in [0.15, 0.2) is 0 Å². The van der Waals surface area contributed by atoms with Crippen molar-refractivity contribution in [3.8, 4) is 6.07 Å². The van der Waals surface area contributed by atoms with Gasteiger partial charge >= 0.3 is 0 Å². The molecule has 0 aliphatic rings. The molecule has 0 bridgehead atoms. The molecule has 1 aromatic heterocycles. The summed E-state index contributed by atoms with van der Waals surface area (Å²) in [6.45, 7) is 0. The van der Waals surface area contributed by atoms with Crippen LogP contribution in [0.3, 0.4) is 0 Å². The van der Waals surface area contributed by atoms with E-state index in [2.05, 4.69) is 23.5 Å². The molecule has 0 fully saturated rings. The highest BCUT2D eigenvalue weighted by Gasteiger charge is 2.10. The maximum Gasteiger partial charge on any atom is 0.256 e. The summed E-state index contributed by atoms with van der Waals surface area (Å²) in [6.07, 6.45) is 0.840. The third-order valence-electron chi connectivity index (χ3n) is 3.48. The number of nitrogens with zero attached hydrogens (tertiary/aromatic N) is 1. The SMILES string of the molecule is N#Cc1ccsc1NC(=O)c1ccc(Cc2ccccc2)cc1. The molecule has 1 N–H and O–H groups in total. The molecule has 0 aliphatic carbocycles. The Morgan fingerprint density at radius 1 is 1.00 bits per heavy atom. The highest BCUT2D eigenvalue weighted by molar-refractivity contribution is 7.14. The lowest BCUT2D eigenvalue weighted by Crippen LogP contribution is -2.11. The van der Waals surface area contributed by atoms with Gasteiger partial charge < -0.3 is 5.32 Å². The number of amides is 1. The van der Waals surface area contributed by atoms with E-state index in [1.165, 1.54) is 16.9 Å². The third-order valence-corrected chi connectivity index (χ3v) is 4.31. The number of rotatable bonds is 4. The molecule has 23 heavy (non-hydrogen) atoms. The molecule has 1 amide bonds. The van der Waals surface area contributed by atoms with E-state index in [4.69, 9.17) is 5.26 Å². The summed E-state index contributed by atoms with van der Waals surface area (Å²) in [6, 6.07) is 21.5. The van der Waals surface area contributed by atoms with Crippen LogP contribution in [0.15, 0.2) is 66.0 Å². The second-order valence-corrected chi connectivity index (χ2v) is 6.00. The number of nitriles is 1. The van der Waals surface area contributed by atoms with Gasteiger partial charge in [-0.15, -0.1) is 11.3 Å². The zero-order valence-corrected chi connectivity index (χ0v) is 13.1. The van der Waals surface area contributed by atoms with Gasteiger partial charge in [-0.05, 0) is 41.1 Å². The fourth-order valence-electron chi connectivity index (χ4n) is 2.27. The lowest BCUT2D eigenvalue weighted by atomic mass is 10.0. The van der Waals surface area contributed by atoms with E-state index in [0.29, 0.717) is 16.1 Å². The van der Waals surface area contributed by atoms with E-state index in [1.807, 2.05) is 42.5 Å². The van der Waals surface area contributed by atoms with E-state index in [9.17, 15) is 4.79 Å². The van der Waals surface area contributed by atoms with Gasteiger partial charge in [-0.2, -0.15) is 5.26 Å². The Balaban J connectivity index is 1.69. The maximum absolute atomic E-state index is 12.2. The van der Waals surface area contributed by atoms with Crippen LogP contribution < -0.4 is 5.32 Å². The van der Waals surface area contributed by atoms with Crippen molar-refractivity contribution in [1.29, 1.82) is 5.26 Å². The maximum atomic E-state index is 12.2. The van der Waals surface area contributed by atoms with Gasteiger partial charge in [-0.3, -0.25) is 4.79 Å². The number of benzene rings is 2. The van der Waals surface area contributed by atoms with E-state index in [1.54, 1.807) is 11.4 Å². The van der Waals surface area contributed by atoms with Gasteiger partial charge in [0.25, 0.3) is 5.91 Å². The molecular formula is C19H14N2OS. The van der Waals surface area contributed by atoms with Crippen molar-refractivity contribution in [2.75, 3.05) is 5.32 Å². The van der Waals surface area contributed by atoms with Crippen LogP contribution in [0.25, 0.3) is 0 Å². The Hall–Kier alpha value is -2.90. The smallest absolute Gasteiger partial charge is 0.256 e. The minimum absolute atomic E-state index is 0.199. The molecule has 0 radical (unpaired) electrons. The number of thiophene rings is 1. The summed E-state index contributed by atoms with van der Waals surface area (Å²) in [4.78, 5) is 12.2. The van der Waals surface area contributed by atoms with Crippen LogP contribution in [0.2, 0.25) is 0 Å². The molecule has 0 saturated carbocycles. The monoisotopic (exact) mass is 318 g/mol. The summed E-state index contributed by atoms with van der Waals surface area (Å²) >= 11 is 1.35. The zero-order valence-electron chi connectivity index (χ0n) is 12.3. The van der Waals surface area contributed by atoms with E-state index >= 15 is 0 Å². The Kier molecular flexibility index (Phi) is 4.51. The first-order chi connectivity index (χ1) is 11.3. The van der Waals surface area contributed by atoms with E-state index in [0.717, 1.165) is 12.0 Å². The predicted molar refractivity (Wildman–Crippen MR) is 92.7 cm³/mol. The minimum atomic E-state index is -0.199. The molecule has 0 unspecified atom stereocenters. The number of anilines is 1. The van der Waals surface area contributed by atoms with Crippen molar-refractivity contribution in [2.24, 2.45) is 0 Å². The second-order valence-electron chi connectivity index (χ2n) is 5.09. The molecule has 0 aliphatic heterocycles. The van der Waals surface area contributed by atoms with Gasteiger partial charge in [0.1, 0.15) is 11.1 Å². The molecule has 2 aromatic carbocycles. The van der Waals surface area contributed by atoms with Crippen LogP contribution in [-0.4, -0.2) is 5.91 Å². The standard InChI is InChI=1S/C19H14N2OS/c20-13-17-10-11-23-19(17)21-18(22)16-8-6-15(7-9-16)12-14-4-2-1-3-5-14/h1-11H,12H2,(H,21,22). The number of carbonyl (C=O) groups excluding carboxylic acids is 1. The van der Waals surface area contributed by atoms with Crippen LogP contribution in [0.1, 0.15) is 27.0 Å². The number of hydrogen-bond donors (Lipinski definition) is 1. The number of carbonyl (C=O) groups is 1. The Bertz CT molecular complexity index is 845. The Morgan fingerprint density at radius 2 is 1.70 bits per heavy atom. The topological polar surface area (TPSA) is 52.9 Å². The molecule has 0 saturated heterocycles. The highest BCUT2D eigenvalue weighted by atomic mass is 32.1. The molecule has 1 heterocycles. The van der Waals surface area contributed by atoms with Crippen molar-refractivity contribution in [1.82, 2.24) is 0 Å². The molecule has 0 atom stereocenters. The largest absolute Gasteiger partial charge is 0.312 e. The van der Waals surface area contributed by atoms with Gasteiger partial charge in [0, 0.05) is 5.56 Å². The van der Waals surface area contributed by atoms with Gasteiger partial charge in [-0.25, -0.2) is 0 Å². The van der Waals surface area contributed by atoms with E-state index < -0.39 is 0 Å². The fraction of sp³-hybridized carbons (Fsp3) is 0.0526. The van der Waals surface area contributed by atoms with Crippen LogP contribution in [0.4, 0.5) is 5.00 Å². The summed E-state index contributed by atoms with van der Waals surface area (Å²) in [5.41, 5.74) is 3.46. The van der Waals surface area contributed by atoms with Crippen LogP contribution in [-0.2, 0) is 6.42 Å². The van der Waals surface area contributed by atoms with Crippen molar-refractivity contribution in [3.05, 3.63) is 88.3 Å². The Labute approximate surface area is 138 Å². The molecular weight excluding hydrogens is 304 g/mol. The minimum Gasteiger partial charge on any atom is -0.312 e. The van der Waals surface area contributed by atoms with Gasteiger partial charge in [-0.1, -0.05) is 42.5 Å². The number of nitrogens with one attached hydrogen (secondary N) is 1. The first-order valence-electron chi connectivity index (χ1n) is 7.18. The molecule has 3 nitrogen and oxygen atoms in total. The molecule has 4 heteroatoms. The second kappa shape index (κ2) is 6.91. The Morgan fingerprint density at radius 3 is 2.39 bits per heavy atom. The summed E-state index contributed by atoms with van der Waals surface area (Å²) in [7, 11) is 0. The average molecular weight is 318 g/mol. The van der Waals surface area contributed by atoms with E-state index in [-0.39, 0.29) is 5.91 Å². The van der Waals surface area contributed by atoms with Crippen LogP contribution >= 0.6 is 11.3 Å². The molecule has 3 rings (SSSR count). The normalized spacial score (nSPS) is 10.0. The van der Waals surface area contributed by atoms with Gasteiger partial charge in [0.2, 0.25) is 0 Å². The molecule has 0 spiro atoms. The lowest BCUT2D eigenvalue weighted by Gasteiger charge is -2.05. The van der Waals surface area contributed by atoms with Crippen molar-refractivity contribution in [3.63, 3.8) is 0 Å². The first-order valence-corrected chi connectivity index (χ1v) is 8.06. The van der Waals surface area contributed by atoms with Gasteiger partial charge in [0.05, 0.1) is 5.56 Å². The highest BCUT2D eigenvalue weighted by Crippen LogP contribution is 2.23. The first kappa shape index (κ1) is 15.0. The molecule has 3 aromatic rings. The van der Waals surface area contributed by atoms with Crippen molar-refractivity contribution >= 4 is 22.2 Å². The molecule has 112 valence electrons. The zero-order chi connectivity index (χ0) is 16.1. The third kappa shape index (κ3) is 3.65. The summed E-state index contributed by atoms with van der Waals surface area (Å²) < 4.78 is 0. The number of hydrogen-bond acceptors (Lipinski definition) is 3. The quantitative estimate of drug-likeness (QED) is 0.772. The van der Waals surface area contributed by atoms with Crippen LogP contribution in [0, 0.1) is 11.3 Å². The van der Waals surface area contributed by atoms with Crippen molar-refractivity contribution in [2.45, 2.75) is 6.42 Å². The average Bonchev–Trinajstić information content (AvgIpc) is 3.03.